The molecule has 0 fully saturated rings. The fourth-order valence-electron chi connectivity index (χ4n) is 3.50. The molecule has 4 rings (SSSR count). The van der Waals surface area contributed by atoms with Crippen LogP contribution < -0.4 is 10.1 Å². The highest BCUT2D eigenvalue weighted by Crippen LogP contribution is 2.38. The van der Waals surface area contributed by atoms with Crippen molar-refractivity contribution in [1.82, 2.24) is 9.88 Å². The van der Waals surface area contributed by atoms with E-state index in [1.165, 1.54) is 0 Å². The molecule has 1 aliphatic rings. The molecule has 0 radical (unpaired) electrons. The number of hydrogen-bond donors (Lipinski definition) is 1. The summed E-state index contributed by atoms with van der Waals surface area (Å²) in [5.41, 5.74) is 1.51. The molecule has 6 heteroatoms. The molecule has 1 aliphatic heterocycles. The quantitative estimate of drug-likeness (QED) is 0.721. The molecule has 0 spiro atoms. The van der Waals surface area contributed by atoms with Gasteiger partial charge in [-0.05, 0) is 43.7 Å². The summed E-state index contributed by atoms with van der Waals surface area (Å²) < 4.78 is 13.4. The molecule has 0 unspecified atom stereocenters. The van der Waals surface area contributed by atoms with Crippen molar-refractivity contribution in [3.63, 3.8) is 0 Å². The summed E-state index contributed by atoms with van der Waals surface area (Å²) in [6.45, 7) is 4.69. The summed E-state index contributed by atoms with van der Waals surface area (Å²) in [6, 6.07) is 9.27. The zero-order chi connectivity index (χ0) is 18.3. The Morgan fingerprint density at radius 2 is 2.27 bits per heavy atom. The minimum atomic E-state index is -0.112. The topological polar surface area (TPSA) is 56.4 Å². The number of nitrogens with zero attached hydrogens (tertiary/aromatic N) is 1. The molecule has 0 saturated carbocycles. The number of amides is 1. The van der Waals surface area contributed by atoms with Gasteiger partial charge in [0.15, 0.2) is 0 Å². The van der Waals surface area contributed by atoms with E-state index < -0.39 is 0 Å². The van der Waals surface area contributed by atoms with E-state index in [9.17, 15) is 4.79 Å². The van der Waals surface area contributed by atoms with Crippen LogP contribution in [0, 0.1) is 0 Å². The van der Waals surface area contributed by atoms with Gasteiger partial charge in [0, 0.05) is 17.8 Å². The largest absolute Gasteiger partial charge is 0.486 e. The fourth-order valence-corrected chi connectivity index (χ4v) is 3.71. The average Bonchev–Trinajstić information content (AvgIpc) is 3.26. The number of halogens is 1. The molecule has 3 aromatic rings. The first-order chi connectivity index (χ1) is 12.6. The fraction of sp³-hybridized carbons (Fsp3) is 0.350. The van der Waals surface area contributed by atoms with Crippen molar-refractivity contribution in [2.24, 2.45) is 0 Å². The Hall–Kier alpha value is -2.40. The van der Waals surface area contributed by atoms with E-state index in [4.69, 9.17) is 20.8 Å². The Bertz CT molecular complexity index is 946. The van der Waals surface area contributed by atoms with E-state index in [0.717, 1.165) is 28.8 Å². The van der Waals surface area contributed by atoms with E-state index in [-0.39, 0.29) is 18.1 Å². The molecule has 26 heavy (non-hydrogen) atoms. The maximum Gasteiger partial charge on any atom is 0.268 e. The zero-order valence-electron chi connectivity index (χ0n) is 14.8. The van der Waals surface area contributed by atoms with Gasteiger partial charge >= 0.3 is 0 Å². The van der Waals surface area contributed by atoms with Crippen LogP contribution in [0.4, 0.5) is 0 Å². The third-order valence-corrected chi connectivity index (χ3v) is 5.13. The maximum absolute atomic E-state index is 12.9. The van der Waals surface area contributed by atoms with Gasteiger partial charge in [-0.3, -0.25) is 4.79 Å². The molecule has 136 valence electrons. The van der Waals surface area contributed by atoms with E-state index in [1.54, 1.807) is 6.26 Å². The number of aromatic nitrogens is 1. The maximum atomic E-state index is 12.9. The van der Waals surface area contributed by atoms with E-state index in [0.29, 0.717) is 23.7 Å². The Balaban J connectivity index is 1.65. The summed E-state index contributed by atoms with van der Waals surface area (Å²) in [5, 5.41) is 4.54. The summed E-state index contributed by atoms with van der Waals surface area (Å²) in [5.74, 6) is 1.52. The van der Waals surface area contributed by atoms with Crippen molar-refractivity contribution in [3.8, 4) is 5.75 Å². The van der Waals surface area contributed by atoms with Crippen LogP contribution in [0.5, 0.6) is 5.75 Å². The van der Waals surface area contributed by atoms with Crippen LogP contribution in [0.3, 0.4) is 0 Å². The number of hydrogen-bond acceptors (Lipinski definition) is 3. The zero-order valence-corrected chi connectivity index (χ0v) is 15.5. The molecule has 5 nitrogen and oxygen atoms in total. The van der Waals surface area contributed by atoms with Gasteiger partial charge in [0.2, 0.25) is 0 Å². The van der Waals surface area contributed by atoms with Gasteiger partial charge in [-0.25, -0.2) is 0 Å². The number of nitrogens with one attached hydrogen (secondary N) is 1. The summed E-state index contributed by atoms with van der Waals surface area (Å²) in [7, 11) is 0. The van der Waals surface area contributed by atoms with Crippen molar-refractivity contribution in [2.45, 2.75) is 45.4 Å². The number of furan rings is 1. The molecular formula is C20H21ClN2O3. The van der Waals surface area contributed by atoms with Gasteiger partial charge in [0.05, 0.1) is 23.3 Å². The highest BCUT2D eigenvalue weighted by molar-refractivity contribution is 6.36. The second-order valence-corrected chi connectivity index (χ2v) is 7.16. The summed E-state index contributed by atoms with van der Waals surface area (Å²) in [6.07, 6.45) is 3.21. The highest BCUT2D eigenvalue weighted by Gasteiger charge is 2.27. The Morgan fingerprint density at radius 1 is 1.42 bits per heavy atom. The van der Waals surface area contributed by atoms with Crippen LogP contribution in [0.25, 0.3) is 10.9 Å². The van der Waals surface area contributed by atoms with E-state index >= 15 is 0 Å². The SMILES string of the molecule is CC[C@H]1Cn2c(C(=O)N[C@@H](C)Cc3ccco3)cc3c(Cl)ccc(c32)O1. The molecule has 3 heterocycles. The summed E-state index contributed by atoms with van der Waals surface area (Å²) in [4.78, 5) is 12.9. The van der Waals surface area contributed by atoms with Crippen molar-refractivity contribution in [3.05, 3.63) is 53.1 Å². The monoisotopic (exact) mass is 372 g/mol. The first-order valence-corrected chi connectivity index (χ1v) is 9.26. The van der Waals surface area contributed by atoms with Gasteiger partial charge in [0.25, 0.3) is 5.91 Å². The lowest BCUT2D eigenvalue weighted by molar-refractivity contribution is 0.0923. The van der Waals surface area contributed by atoms with Gasteiger partial charge in [-0.1, -0.05) is 18.5 Å². The first kappa shape index (κ1) is 17.0. The molecule has 2 aromatic heterocycles. The standard InChI is InChI=1S/C20H21ClN2O3/c1-3-13-11-23-17(10-15-16(21)6-7-18(26-13)19(15)23)20(24)22-12(2)9-14-5-4-8-25-14/h4-8,10,12-13H,3,9,11H2,1-2H3,(H,22,24)/t12-,13-/m0/s1. The third-order valence-electron chi connectivity index (χ3n) is 4.80. The lowest BCUT2D eigenvalue weighted by Gasteiger charge is -2.26. The minimum absolute atomic E-state index is 0.0452. The smallest absolute Gasteiger partial charge is 0.268 e. The summed E-state index contributed by atoms with van der Waals surface area (Å²) >= 11 is 6.36. The lowest BCUT2D eigenvalue weighted by Crippen LogP contribution is -2.36. The number of ether oxygens (including phenoxy) is 1. The molecule has 1 amide bonds. The third kappa shape index (κ3) is 2.97. The van der Waals surface area contributed by atoms with Crippen LogP contribution in [-0.4, -0.2) is 22.6 Å². The van der Waals surface area contributed by atoms with Gasteiger partial charge in [-0.15, -0.1) is 0 Å². The van der Waals surface area contributed by atoms with Crippen molar-refractivity contribution in [1.29, 1.82) is 0 Å². The van der Waals surface area contributed by atoms with Crippen molar-refractivity contribution >= 4 is 28.4 Å². The molecular weight excluding hydrogens is 352 g/mol. The molecule has 1 aromatic carbocycles. The van der Waals surface area contributed by atoms with Crippen LogP contribution in [0.1, 0.15) is 36.5 Å². The predicted molar refractivity (Wildman–Crippen MR) is 101 cm³/mol. The average molecular weight is 373 g/mol. The second kappa shape index (κ2) is 6.72. The predicted octanol–water partition coefficient (Wildman–Crippen LogP) is 4.42. The number of benzene rings is 1. The molecule has 0 aliphatic carbocycles. The van der Waals surface area contributed by atoms with Crippen LogP contribution in [-0.2, 0) is 13.0 Å². The van der Waals surface area contributed by atoms with Crippen LogP contribution in [0.15, 0.2) is 41.0 Å². The molecule has 0 saturated heterocycles. The van der Waals surface area contributed by atoms with E-state index in [2.05, 4.69) is 12.2 Å². The number of carbonyl (C=O) groups excluding carboxylic acids is 1. The normalized spacial score (nSPS) is 17.1. The molecule has 0 bridgehead atoms. The Kier molecular flexibility index (Phi) is 4.41. The second-order valence-electron chi connectivity index (χ2n) is 6.75. The Morgan fingerprint density at radius 3 is 3.00 bits per heavy atom. The minimum Gasteiger partial charge on any atom is -0.486 e. The van der Waals surface area contributed by atoms with Crippen molar-refractivity contribution < 1.29 is 13.9 Å². The molecule has 1 N–H and O–H groups in total. The number of rotatable bonds is 5. The van der Waals surface area contributed by atoms with Gasteiger partial charge < -0.3 is 19.0 Å². The van der Waals surface area contributed by atoms with Crippen LogP contribution >= 0.6 is 11.6 Å². The highest BCUT2D eigenvalue weighted by atomic mass is 35.5. The van der Waals surface area contributed by atoms with Gasteiger partial charge in [0.1, 0.15) is 23.3 Å². The lowest BCUT2D eigenvalue weighted by atomic mass is 10.2. The number of carbonyl (C=O) groups is 1. The van der Waals surface area contributed by atoms with E-state index in [1.807, 2.05) is 41.8 Å². The van der Waals surface area contributed by atoms with Crippen LogP contribution in [0.2, 0.25) is 5.02 Å². The van der Waals surface area contributed by atoms with Gasteiger partial charge in [-0.2, -0.15) is 0 Å². The Labute approximate surface area is 156 Å². The first-order valence-electron chi connectivity index (χ1n) is 8.88. The molecule has 2 atom stereocenters. The van der Waals surface area contributed by atoms with Crippen molar-refractivity contribution in [2.75, 3.05) is 0 Å².